The van der Waals surface area contributed by atoms with Gasteiger partial charge in [-0.3, -0.25) is 9.78 Å². The minimum absolute atomic E-state index is 0.0155. The Hall–Kier alpha value is -3.70. The molecular formula is C26H29N6O4S+. The summed E-state index contributed by atoms with van der Waals surface area (Å²) in [6.45, 7) is 4.85. The minimum atomic E-state index is -3.49. The van der Waals surface area contributed by atoms with Gasteiger partial charge in [0.05, 0.1) is 64.4 Å². The van der Waals surface area contributed by atoms with Crippen molar-refractivity contribution in [2.24, 2.45) is 14.1 Å². The number of ether oxygens (including phenoxy) is 1. The molecule has 0 aliphatic carbocycles. The lowest BCUT2D eigenvalue weighted by Crippen LogP contribution is -2.37. The Bertz CT molecular complexity index is 1700. The number of aromatic nitrogens is 4. The van der Waals surface area contributed by atoms with Gasteiger partial charge in [-0.25, -0.2) is 8.42 Å². The van der Waals surface area contributed by atoms with Crippen LogP contribution in [0.25, 0.3) is 22.2 Å². The van der Waals surface area contributed by atoms with Crippen molar-refractivity contribution in [1.29, 1.82) is 0 Å². The third kappa shape index (κ3) is 3.98. The predicted molar refractivity (Wildman–Crippen MR) is 141 cm³/mol. The molecule has 37 heavy (non-hydrogen) atoms. The van der Waals surface area contributed by atoms with Gasteiger partial charge < -0.3 is 19.1 Å². The molecule has 2 aliphatic heterocycles. The van der Waals surface area contributed by atoms with Crippen molar-refractivity contribution < 1.29 is 17.8 Å². The molecule has 6 rings (SSSR count). The number of fused-ring (bicyclic) bond motifs is 2. The normalized spacial score (nSPS) is 17.3. The van der Waals surface area contributed by atoms with Gasteiger partial charge in [0.15, 0.2) is 16.9 Å². The van der Waals surface area contributed by atoms with Crippen molar-refractivity contribution in [1.82, 2.24) is 14.6 Å². The maximum Gasteiger partial charge on any atom is 0.253 e. The summed E-state index contributed by atoms with van der Waals surface area (Å²) >= 11 is 0. The van der Waals surface area contributed by atoms with Crippen LogP contribution in [0.5, 0.6) is 0 Å². The highest BCUT2D eigenvalue weighted by Gasteiger charge is 2.32. The van der Waals surface area contributed by atoms with Crippen LogP contribution >= 0.6 is 0 Å². The molecule has 1 fully saturated rings. The smallest absolute Gasteiger partial charge is 0.253 e. The molecule has 1 saturated heterocycles. The lowest BCUT2D eigenvalue weighted by molar-refractivity contribution is -0.726. The zero-order valence-corrected chi connectivity index (χ0v) is 21.9. The molecule has 0 spiro atoms. The molecule has 1 aromatic carbocycles. The third-order valence-electron chi connectivity index (χ3n) is 7.26. The minimum Gasteiger partial charge on any atom is -0.378 e. The predicted octanol–water partition coefficient (Wildman–Crippen LogP) is 1.82. The largest absolute Gasteiger partial charge is 0.378 e. The molecule has 0 radical (unpaired) electrons. The number of anilines is 3. The molecule has 5 heterocycles. The Morgan fingerprint density at radius 1 is 1.08 bits per heavy atom. The van der Waals surface area contributed by atoms with Crippen LogP contribution < -0.4 is 20.0 Å². The van der Waals surface area contributed by atoms with Gasteiger partial charge >= 0.3 is 0 Å². The van der Waals surface area contributed by atoms with E-state index in [2.05, 4.69) is 21.0 Å². The van der Waals surface area contributed by atoms with Crippen molar-refractivity contribution in [3.63, 3.8) is 0 Å². The maximum absolute atomic E-state index is 13.2. The van der Waals surface area contributed by atoms with Crippen molar-refractivity contribution in [2.75, 3.05) is 48.4 Å². The Kier molecular flexibility index (Phi) is 5.57. The number of nitrogens with zero attached hydrogens (tertiary/aromatic N) is 5. The number of rotatable bonds is 3. The molecule has 0 unspecified atom stereocenters. The molecule has 192 valence electrons. The fourth-order valence-corrected chi connectivity index (χ4v) is 6.66. The van der Waals surface area contributed by atoms with E-state index in [-0.39, 0.29) is 16.2 Å². The summed E-state index contributed by atoms with van der Waals surface area (Å²) < 4.78 is 35.5. The molecule has 0 amide bonds. The van der Waals surface area contributed by atoms with Gasteiger partial charge in [0.25, 0.3) is 5.56 Å². The number of aryl methyl sites for hydroxylation is 3. The number of hydrogen-bond donors (Lipinski definition) is 1. The van der Waals surface area contributed by atoms with Gasteiger partial charge in [-0.05, 0) is 31.2 Å². The van der Waals surface area contributed by atoms with Crippen LogP contribution in [0.1, 0.15) is 5.56 Å². The van der Waals surface area contributed by atoms with E-state index in [1.165, 1.54) is 0 Å². The quantitative estimate of drug-likeness (QED) is 0.410. The van der Waals surface area contributed by atoms with E-state index in [9.17, 15) is 13.2 Å². The first-order valence-electron chi connectivity index (χ1n) is 12.2. The second kappa shape index (κ2) is 8.70. The van der Waals surface area contributed by atoms with Crippen molar-refractivity contribution >= 4 is 37.8 Å². The van der Waals surface area contributed by atoms with E-state index in [0.29, 0.717) is 36.7 Å². The highest BCUT2D eigenvalue weighted by atomic mass is 32.2. The average Bonchev–Trinajstić information content (AvgIpc) is 3.34. The summed E-state index contributed by atoms with van der Waals surface area (Å²) in [6, 6.07) is 7.70. The summed E-state index contributed by atoms with van der Waals surface area (Å²) in [6.07, 6.45) is 5.31. The molecule has 3 aromatic heterocycles. The summed E-state index contributed by atoms with van der Waals surface area (Å²) in [4.78, 5) is 22.0. The highest BCUT2D eigenvalue weighted by molar-refractivity contribution is 7.91. The van der Waals surface area contributed by atoms with Gasteiger partial charge in [0.1, 0.15) is 0 Å². The monoisotopic (exact) mass is 521 g/mol. The number of pyridine rings is 2. The third-order valence-corrected chi connectivity index (χ3v) is 8.98. The van der Waals surface area contributed by atoms with Gasteiger partial charge in [-0.15, -0.1) is 4.68 Å². The number of hydrogen-bond acceptors (Lipinski definition) is 7. The average molecular weight is 522 g/mol. The van der Waals surface area contributed by atoms with Crippen LogP contribution in [-0.2, 0) is 28.7 Å². The Balaban J connectivity index is 1.57. The van der Waals surface area contributed by atoms with E-state index in [1.807, 2.05) is 30.3 Å². The highest BCUT2D eigenvalue weighted by Crippen LogP contribution is 2.41. The van der Waals surface area contributed by atoms with E-state index < -0.39 is 9.84 Å². The molecule has 1 N–H and O–H groups in total. The first-order chi connectivity index (χ1) is 17.7. The number of nitrogens with one attached hydrogen (secondary N) is 1. The number of sulfone groups is 1. The van der Waals surface area contributed by atoms with Gasteiger partial charge in [0.2, 0.25) is 6.20 Å². The Labute approximate surface area is 214 Å². The van der Waals surface area contributed by atoms with Crippen LogP contribution in [-0.4, -0.2) is 61.7 Å². The molecular weight excluding hydrogens is 492 g/mol. The van der Waals surface area contributed by atoms with E-state index in [1.54, 1.807) is 41.7 Å². The lowest BCUT2D eigenvalue weighted by Gasteiger charge is -2.34. The summed E-state index contributed by atoms with van der Waals surface area (Å²) in [5.74, 6) is -0.0155. The fraction of sp³-hybridized carbons (Fsp3) is 0.346. The van der Waals surface area contributed by atoms with Crippen LogP contribution in [0.4, 0.5) is 17.1 Å². The summed E-state index contributed by atoms with van der Waals surface area (Å²) in [5, 5.41) is 3.94. The van der Waals surface area contributed by atoms with Gasteiger partial charge in [-0.1, -0.05) is 0 Å². The summed E-state index contributed by atoms with van der Waals surface area (Å²) in [5.41, 5.74) is 5.16. The van der Waals surface area contributed by atoms with Crippen LogP contribution in [0.15, 0.2) is 52.5 Å². The molecule has 0 saturated carbocycles. The van der Waals surface area contributed by atoms with Crippen molar-refractivity contribution in [3.05, 3.63) is 58.8 Å². The second-order valence-electron chi connectivity index (χ2n) is 9.67. The second-order valence-corrected chi connectivity index (χ2v) is 11.7. The fourth-order valence-electron chi connectivity index (χ4n) is 5.24. The summed E-state index contributed by atoms with van der Waals surface area (Å²) in [7, 11) is 0.151. The SMILES string of the molecule is Cc1cc2c(N3CCS(=O)(=O)c4cc(-c5c[nH][n+](C)c5)ncc43)cc(N3CCOCC3)cc2n(C)c1=O. The molecule has 10 nitrogen and oxygen atoms in total. The van der Waals surface area contributed by atoms with E-state index in [0.717, 1.165) is 40.9 Å². The van der Waals surface area contributed by atoms with Crippen molar-refractivity contribution in [3.8, 4) is 11.3 Å². The number of morpholine rings is 1. The maximum atomic E-state index is 13.2. The van der Waals surface area contributed by atoms with Crippen LogP contribution in [0, 0.1) is 6.92 Å². The van der Waals surface area contributed by atoms with E-state index in [4.69, 9.17) is 4.74 Å². The molecule has 0 bridgehead atoms. The standard InChI is InChI=1S/C26H28N6O4S/c1-17-10-20-22(30(3)26(17)33)11-19(31-4-7-36-8-5-31)12-23(20)32-6-9-37(34,35)25-13-21(27-15-24(25)32)18-14-28-29(2)16-18/h10-16H,4-9H2,1-3H3/p+1. The zero-order chi connectivity index (χ0) is 25.9. The Morgan fingerprint density at radius 2 is 1.86 bits per heavy atom. The van der Waals surface area contributed by atoms with Gasteiger partial charge in [-0.2, -0.15) is 5.10 Å². The van der Waals surface area contributed by atoms with E-state index >= 15 is 0 Å². The van der Waals surface area contributed by atoms with Crippen LogP contribution in [0.2, 0.25) is 0 Å². The number of H-pyrrole nitrogens is 1. The number of benzene rings is 1. The van der Waals surface area contributed by atoms with Gasteiger partial charge in [0, 0.05) is 43.3 Å². The number of aromatic amines is 1. The first kappa shape index (κ1) is 23.7. The molecule has 11 heteroatoms. The topological polar surface area (TPSA) is 104 Å². The molecule has 2 aliphatic rings. The first-order valence-corrected chi connectivity index (χ1v) is 13.9. The van der Waals surface area contributed by atoms with Crippen molar-refractivity contribution in [2.45, 2.75) is 11.8 Å². The van der Waals surface area contributed by atoms with Crippen LogP contribution in [0.3, 0.4) is 0 Å². The molecule has 0 atom stereocenters. The Morgan fingerprint density at radius 3 is 2.59 bits per heavy atom. The molecule has 4 aromatic rings. The lowest BCUT2D eigenvalue weighted by atomic mass is 10.1. The zero-order valence-electron chi connectivity index (χ0n) is 21.1.